The molecule has 18 heavy (non-hydrogen) atoms. The van der Waals surface area contributed by atoms with Crippen molar-refractivity contribution >= 4 is 5.97 Å². The molecule has 0 fully saturated rings. The highest BCUT2D eigenvalue weighted by Crippen LogP contribution is 2.33. The van der Waals surface area contributed by atoms with Crippen LogP contribution in [0.25, 0.3) is 0 Å². The Morgan fingerprint density at radius 1 is 1.50 bits per heavy atom. The van der Waals surface area contributed by atoms with Crippen molar-refractivity contribution in [3.05, 3.63) is 29.3 Å². The number of aliphatic hydroxyl groups excluding tert-OH is 1. The van der Waals surface area contributed by atoms with Crippen LogP contribution in [0, 0.1) is 0 Å². The standard InChI is InChI=1S/C14H18O4/c1-9(2)18-14(16)8-17-11-4-5-12-10(7-11)3-6-13(12)15/h4-5,7,9,13,15H,3,6,8H2,1-2H3/t13-/m0/s1. The van der Waals surface area contributed by atoms with Gasteiger partial charge in [0.15, 0.2) is 6.61 Å². The summed E-state index contributed by atoms with van der Waals surface area (Å²) in [6.07, 6.45) is 1.12. The predicted molar refractivity (Wildman–Crippen MR) is 66.4 cm³/mol. The summed E-state index contributed by atoms with van der Waals surface area (Å²) < 4.78 is 10.4. The number of benzene rings is 1. The van der Waals surface area contributed by atoms with Gasteiger partial charge in [0.2, 0.25) is 0 Å². The zero-order valence-corrected chi connectivity index (χ0v) is 10.7. The van der Waals surface area contributed by atoms with Crippen molar-refractivity contribution in [2.45, 2.75) is 38.9 Å². The molecule has 0 unspecified atom stereocenters. The lowest BCUT2D eigenvalue weighted by Gasteiger charge is -2.10. The molecule has 0 saturated heterocycles. The molecule has 0 radical (unpaired) electrons. The zero-order chi connectivity index (χ0) is 13.1. The van der Waals surface area contributed by atoms with Crippen molar-refractivity contribution in [1.29, 1.82) is 0 Å². The number of ether oxygens (including phenoxy) is 2. The Hall–Kier alpha value is -1.55. The molecule has 2 rings (SSSR count). The van der Waals surface area contributed by atoms with E-state index in [-0.39, 0.29) is 24.8 Å². The smallest absolute Gasteiger partial charge is 0.344 e. The molecule has 1 aromatic carbocycles. The van der Waals surface area contributed by atoms with E-state index in [1.165, 1.54) is 0 Å². The normalized spacial score (nSPS) is 17.7. The Morgan fingerprint density at radius 2 is 2.28 bits per heavy atom. The van der Waals surface area contributed by atoms with E-state index in [1.54, 1.807) is 19.9 Å². The molecule has 0 amide bonds. The predicted octanol–water partition coefficient (Wildman–Crippen LogP) is 2.00. The molecule has 98 valence electrons. The molecule has 0 spiro atoms. The van der Waals surface area contributed by atoms with E-state index in [9.17, 15) is 9.90 Å². The lowest BCUT2D eigenvalue weighted by Crippen LogP contribution is -2.18. The first-order valence-electron chi connectivity index (χ1n) is 6.19. The summed E-state index contributed by atoms with van der Waals surface area (Å²) in [5.41, 5.74) is 2.06. The van der Waals surface area contributed by atoms with Gasteiger partial charge in [0.25, 0.3) is 0 Å². The van der Waals surface area contributed by atoms with E-state index in [4.69, 9.17) is 9.47 Å². The van der Waals surface area contributed by atoms with Gasteiger partial charge in [-0.25, -0.2) is 4.79 Å². The Kier molecular flexibility index (Phi) is 3.87. The van der Waals surface area contributed by atoms with E-state index in [0.29, 0.717) is 5.75 Å². The maximum Gasteiger partial charge on any atom is 0.344 e. The molecule has 0 aromatic heterocycles. The molecule has 0 bridgehead atoms. The second kappa shape index (κ2) is 5.40. The van der Waals surface area contributed by atoms with Crippen LogP contribution < -0.4 is 4.74 Å². The summed E-state index contributed by atoms with van der Waals surface area (Å²) in [5, 5.41) is 9.67. The molecular weight excluding hydrogens is 232 g/mol. The largest absolute Gasteiger partial charge is 0.482 e. The van der Waals surface area contributed by atoms with Crippen LogP contribution in [-0.4, -0.2) is 23.8 Å². The second-order valence-corrected chi connectivity index (χ2v) is 4.74. The second-order valence-electron chi connectivity index (χ2n) is 4.74. The molecule has 0 heterocycles. The summed E-state index contributed by atoms with van der Waals surface area (Å²) in [4.78, 5) is 11.3. The summed E-state index contributed by atoms with van der Waals surface area (Å²) in [6, 6.07) is 5.51. The Labute approximate surface area is 107 Å². The molecule has 1 atom stereocenters. The number of hydrogen-bond acceptors (Lipinski definition) is 4. The molecule has 1 N–H and O–H groups in total. The van der Waals surface area contributed by atoms with Gasteiger partial charge in [-0.15, -0.1) is 0 Å². The lowest BCUT2D eigenvalue weighted by molar-refractivity contribution is -0.149. The highest BCUT2D eigenvalue weighted by molar-refractivity contribution is 5.71. The number of carbonyl (C=O) groups excluding carboxylic acids is 1. The number of aryl methyl sites for hydroxylation is 1. The SMILES string of the molecule is CC(C)OC(=O)COc1ccc2c(c1)CC[C@@H]2O. The fourth-order valence-electron chi connectivity index (χ4n) is 2.10. The van der Waals surface area contributed by atoms with Crippen LogP contribution in [-0.2, 0) is 16.0 Å². The van der Waals surface area contributed by atoms with Gasteiger partial charge in [0, 0.05) is 0 Å². The molecular formula is C14H18O4. The van der Waals surface area contributed by atoms with Crippen molar-refractivity contribution in [3.8, 4) is 5.75 Å². The summed E-state index contributed by atoms with van der Waals surface area (Å²) in [7, 11) is 0. The number of aliphatic hydroxyl groups is 1. The van der Waals surface area contributed by atoms with E-state index in [2.05, 4.69) is 0 Å². The van der Waals surface area contributed by atoms with Crippen LogP contribution in [0.4, 0.5) is 0 Å². The molecule has 1 aliphatic rings. The number of hydrogen-bond donors (Lipinski definition) is 1. The van der Waals surface area contributed by atoms with Crippen LogP contribution in [0.1, 0.15) is 37.5 Å². The summed E-state index contributed by atoms with van der Waals surface area (Å²) >= 11 is 0. The molecule has 4 nitrogen and oxygen atoms in total. The maximum absolute atomic E-state index is 11.3. The minimum absolute atomic E-state index is 0.0838. The fraction of sp³-hybridized carbons (Fsp3) is 0.500. The van der Waals surface area contributed by atoms with Gasteiger partial charge in [-0.2, -0.15) is 0 Å². The maximum atomic E-state index is 11.3. The van der Waals surface area contributed by atoms with Gasteiger partial charge in [-0.3, -0.25) is 0 Å². The first kappa shape index (κ1) is 12.9. The third-order valence-electron chi connectivity index (χ3n) is 2.88. The van der Waals surface area contributed by atoms with Gasteiger partial charge in [-0.1, -0.05) is 6.07 Å². The topological polar surface area (TPSA) is 55.8 Å². The van der Waals surface area contributed by atoms with Gasteiger partial charge in [-0.05, 0) is 49.9 Å². The monoisotopic (exact) mass is 250 g/mol. The lowest BCUT2D eigenvalue weighted by atomic mass is 10.1. The summed E-state index contributed by atoms with van der Waals surface area (Å²) in [6.45, 7) is 3.52. The van der Waals surface area contributed by atoms with Gasteiger partial charge in [0.05, 0.1) is 12.2 Å². The molecule has 4 heteroatoms. The minimum atomic E-state index is -0.370. The quantitative estimate of drug-likeness (QED) is 0.830. The van der Waals surface area contributed by atoms with Crippen LogP contribution in [0.3, 0.4) is 0 Å². The summed E-state index contributed by atoms with van der Waals surface area (Å²) in [5.74, 6) is 0.272. The van der Waals surface area contributed by atoms with E-state index >= 15 is 0 Å². The van der Waals surface area contributed by atoms with Crippen molar-refractivity contribution in [1.82, 2.24) is 0 Å². The van der Waals surface area contributed by atoms with Crippen LogP contribution in [0.15, 0.2) is 18.2 Å². The molecule has 0 saturated carbocycles. The molecule has 1 aliphatic carbocycles. The highest BCUT2D eigenvalue weighted by atomic mass is 16.6. The average molecular weight is 250 g/mol. The van der Waals surface area contributed by atoms with E-state index < -0.39 is 0 Å². The molecule has 1 aromatic rings. The van der Waals surface area contributed by atoms with Crippen LogP contribution >= 0.6 is 0 Å². The van der Waals surface area contributed by atoms with Gasteiger partial charge in [0.1, 0.15) is 5.75 Å². The first-order chi connectivity index (χ1) is 8.56. The van der Waals surface area contributed by atoms with Crippen molar-refractivity contribution in [2.24, 2.45) is 0 Å². The Balaban J connectivity index is 1.93. The van der Waals surface area contributed by atoms with Crippen molar-refractivity contribution in [3.63, 3.8) is 0 Å². The molecule has 0 aliphatic heterocycles. The zero-order valence-electron chi connectivity index (χ0n) is 10.7. The third-order valence-corrected chi connectivity index (χ3v) is 2.88. The van der Waals surface area contributed by atoms with Gasteiger partial charge >= 0.3 is 5.97 Å². The minimum Gasteiger partial charge on any atom is -0.482 e. The van der Waals surface area contributed by atoms with Crippen molar-refractivity contribution in [2.75, 3.05) is 6.61 Å². The van der Waals surface area contributed by atoms with E-state index in [0.717, 1.165) is 24.0 Å². The number of fused-ring (bicyclic) bond motifs is 1. The van der Waals surface area contributed by atoms with E-state index in [1.807, 2.05) is 12.1 Å². The first-order valence-corrected chi connectivity index (χ1v) is 6.19. The average Bonchev–Trinajstić information content (AvgIpc) is 2.67. The Bertz CT molecular complexity index is 439. The number of rotatable bonds is 4. The fourth-order valence-corrected chi connectivity index (χ4v) is 2.10. The van der Waals surface area contributed by atoms with Gasteiger partial charge < -0.3 is 14.6 Å². The third kappa shape index (κ3) is 3.01. The van der Waals surface area contributed by atoms with Crippen LogP contribution in [0.2, 0.25) is 0 Å². The highest BCUT2D eigenvalue weighted by Gasteiger charge is 2.20. The van der Waals surface area contributed by atoms with Crippen LogP contribution in [0.5, 0.6) is 5.75 Å². The number of esters is 1. The van der Waals surface area contributed by atoms with Crippen molar-refractivity contribution < 1.29 is 19.4 Å². The Morgan fingerprint density at radius 3 is 3.00 bits per heavy atom. The number of carbonyl (C=O) groups is 1.